The molecule has 1 aromatic rings. The fourth-order valence-electron chi connectivity index (χ4n) is 2.87. The summed E-state index contributed by atoms with van der Waals surface area (Å²) in [5.74, 6) is -0.535. The summed E-state index contributed by atoms with van der Waals surface area (Å²) in [6, 6.07) is 7.13. The van der Waals surface area contributed by atoms with E-state index in [1.165, 1.54) is 0 Å². The van der Waals surface area contributed by atoms with Crippen molar-refractivity contribution in [3.8, 4) is 5.75 Å². The van der Waals surface area contributed by atoms with Gasteiger partial charge in [-0.05, 0) is 6.07 Å². The van der Waals surface area contributed by atoms with E-state index in [0.29, 0.717) is 24.3 Å². The minimum absolute atomic E-state index is 0.00241. The molecule has 3 amide bonds. The van der Waals surface area contributed by atoms with E-state index in [1.54, 1.807) is 18.2 Å². The van der Waals surface area contributed by atoms with Gasteiger partial charge in [0.1, 0.15) is 17.9 Å². The van der Waals surface area contributed by atoms with Crippen LogP contribution in [0.15, 0.2) is 24.3 Å². The number of carbonyl (C=O) groups excluding carboxylic acids is 3. The van der Waals surface area contributed by atoms with Crippen LogP contribution in [0, 0.1) is 0 Å². The van der Waals surface area contributed by atoms with Gasteiger partial charge in [-0.2, -0.15) is 0 Å². The SMILES string of the molecule is O=C(CN1C(=O)CCC1=O)NC[C@]1(O)CCOc2ccccc21. The van der Waals surface area contributed by atoms with Gasteiger partial charge in [0.25, 0.3) is 0 Å². The number of rotatable bonds is 4. The van der Waals surface area contributed by atoms with Crippen LogP contribution in [0.1, 0.15) is 24.8 Å². The molecule has 0 radical (unpaired) electrons. The van der Waals surface area contributed by atoms with Crippen LogP contribution >= 0.6 is 0 Å². The van der Waals surface area contributed by atoms with Gasteiger partial charge in [0.2, 0.25) is 17.7 Å². The molecule has 1 aromatic carbocycles. The molecule has 0 aromatic heterocycles. The summed E-state index contributed by atoms with van der Waals surface area (Å²) in [7, 11) is 0. The normalized spacial score (nSPS) is 23.4. The average molecular weight is 318 g/mol. The van der Waals surface area contributed by atoms with Gasteiger partial charge in [-0.3, -0.25) is 19.3 Å². The number of para-hydroxylation sites is 1. The molecule has 1 atom stereocenters. The Kier molecular flexibility index (Phi) is 4.04. The third kappa shape index (κ3) is 3.05. The second-order valence-electron chi connectivity index (χ2n) is 5.78. The number of nitrogens with one attached hydrogen (secondary N) is 1. The molecule has 3 rings (SSSR count). The highest BCUT2D eigenvalue weighted by Crippen LogP contribution is 2.36. The van der Waals surface area contributed by atoms with Crippen molar-refractivity contribution in [2.75, 3.05) is 19.7 Å². The molecule has 7 heteroatoms. The number of imide groups is 1. The molecule has 122 valence electrons. The predicted molar refractivity (Wildman–Crippen MR) is 79.4 cm³/mol. The molecule has 2 aliphatic heterocycles. The van der Waals surface area contributed by atoms with Gasteiger partial charge in [-0.1, -0.05) is 18.2 Å². The fraction of sp³-hybridized carbons (Fsp3) is 0.438. The van der Waals surface area contributed by atoms with Crippen LogP contribution in [0.5, 0.6) is 5.75 Å². The van der Waals surface area contributed by atoms with Crippen molar-refractivity contribution in [3.05, 3.63) is 29.8 Å². The maximum absolute atomic E-state index is 12.0. The molecule has 2 N–H and O–H groups in total. The standard InChI is InChI=1S/C16H18N2O5/c19-13(9-18-14(20)5-6-15(18)21)17-10-16(22)7-8-23-12-4-2-1-3-11(12)16/h1-4,22H,5-10H2,(H,17,19)/t16-/m1/s1. The van der Waals surface area contributed by atoms with Crippen LogP contribution < -0.4 is 10.1 Å². The zero-order chi connectivity index (χ0) is 16.4. The highest BCUT2D eigenvalue weighted by Gasteiger charge is 2.36. The van der Waals surface area contributed by atoms with E-state index in [0.717, 1.165) is 4.90 Å². The molecular weight excluding hydrogens is 300 g/mol. The second kappa shape index (κ2) is 6.00. The number of hydrogen-bond acceptors (Lipinski definition) is 5. The minimum atomic E-state index is -1.22. The number of amides is 3. The molecule has 0 spiro atoms. The molecule has 0 aliphatic carbocycles. The monoisotopic (exact) mass is 318 g/mol. The Morgan fingerprint density at radius 1 is 1.26 bits per heavy atom. The van der Waals surface area contributed by atoms with Crippen molar-refractivity contribution < 1.29 is 24.2 Å². The Bertz CT molecular complexity index is 644. The van der Waals surface area contributed by atoms with Crippen molar-refractivity contribution in [2.24, 2.45) is 0 Å². The highest BCUT2D eigenvalue weighted by atomic mass is 16.5. The molecular formula is C16H18N2O5. The van der Waals surface area contributed by atoms with Crippen molar-refractivity contribution >= 4 is 17.7 Å². The summed E-state index contributed by atoms with van der Waals surface area (Å²) in [6.07, 6.45) is 0.660. The van der Waals surface area contributed by atoms with Crippen LogP contribution in [0.4, 0.5) is 0 Å². The lowest BCUT2D eigenvalue weighted by Gasteiger charge is -2.34. The quantitative estimate of drug-likeness (QED) is 0.757. The Balaban J connectivity index is 1.63. The second-order valence-corrected chi connectivity index (χ2v) is 5.78. The molecule has 7 nitrogen and oxygen atoms in total. The number of aliphatic hydroxyl groups is 1. The lowest BCUT2D eigenvalue weighted by Crippen LogP contribution is -2.47. The van der Waals surface area contributed by atoms with E-state index in [4.69, 9.17) is 4.74 Å². The third-order valence-electron chi connectivity index (χ3n) is 4.20. The van der Waals surface area contributed by atoms with Crippen molar-refractivity contribution in [3.63, 3.8) is 0 Å². The molecule has 2 aliphatic rings. The molecule has 0 saturated carbocycles. The molecule has 23 heavy (non-hydrogen) atoms. The Hall–Kier alpha value is -2.41. The van der Waals surface area contributed by atoms with E-state index in [2.05, 4.69) is 5.32 Å². The largest absolute Gasteiger partial charge is 0.493 e. The smallest absolute Gasteiger partial charge is 0.240 e. The van der Waals surface area contributed by atoms with E-state index in [9.17, 15) is 19.5 Å². The average Bonchev–Trinajstić information content (AvgIpc) is 2.86. The number of ether oxygens (including phenoxy) is 1. The zero-order valence-electron chi connectivity index (χ0n) is 12.6. The van der Waals surface area contributed by atoms with Crippen molar-refractivity contribution in [1.29, 1.82) is 0 Å². The lowest BCUT2D eigenvalue weighted by atomic mass is 9.88. The molecule has 0 unspecified atom stereocenters. The number of nitrogens with zero attached hydrogens (tertiary/aromatic N) is 1. The van der Waals surface area contributed by atoms with Crippen molar-refractivity contribution in [2.45, 2.75) is 24.9 Å². The topological polar surface area (TPSA) is 95.9 Å². The Morgan fingerprint density at radius 2 is 1.96 bits per heavy atom. The van der Waals surface area contributed by atoms with Gasteiger partial charge in [-0.15, -0.1) is 0 Å². The summed E-state index contributed by atoms with van der Waals surface area (Å²) in [4.78, 5) is 36.0. The first-order chi connectivity index (χ1) is 11.0. The first-order valence-corrected chi connectivity index (χ1v) is 7.54. The van der Waals surface area contributed by atoms with Crippen LogP contribution in [-0.4, -0.2) is 47.4 Å². The number of hydrogen-bond donors (Lipinski definition) is 2. The summed E-state index contributed by atoms with van der Waals surface area (Å²) in [5, 5.41) is 13.4. The van der Waals surface area contributed by atoms with Crippen LogP contribution in [0.2, 0.25) is 0 Å². The van der Waals surface area contributed by atoms with Gasteiger partial charge in [-0.25, -0.2) is 0 Å². The van der Waals surface area contributed by atoms with Crippen LogP contribution in [0.3, 0.4) is 0 Å². The maximum atomic E-state index is 12.0. The Labute approximate surface area is 133 Å². The van der Waals surface area contributed by atoms with E-state index < -0.39 is 11.5 Å². The van der Waals surface area contributed by atoms with E-state index >= 15 is 0 Å². The molecule has 0 bridgehead atoms. The summed E-state index contributed by atoms with van der Waals surface area (Å²) in [5.41, 5.74) is -0.594. The van der Waals surface area contributed by atoms with E-state index in [-0.39, 0.29) is 37.7 Å². The first-order valence-electron chi connectivity index (χ1n) is 7.54. The fourth-order valence-corrected chi connectivity index (χ4v) is 2.87. The molecule has 1 saturated heterocycles. The van der Waals surface area contributed by atoms with Crippen molar-refractivity contribution in [1.82, 2.24) is 10.2 Å². The summed E-state index contributed by atoms with van der Waals surface area (Å²) >= 11 is 0. The zero-order valence-corrected chi connectivity index (χ0v) is 12.6. The van der Waals surface area contributed by atoms with Crippen LogP contribution in [0.25, 0.3) is 0 Å². The first kappa shape index (κ1) is 15.5. The van der Waals surface area contributed by atoms with Crippen LogP contribution in [-0.2, 0) is 20.0 Å². The molecule has 2 heterocycles. The third-order valence-corrected chi connectivity index (χ3v) is 4.20. The van der Waals surface area contributed by atoms with Gasteiger partial charge >= 0.3 is 0 Å². The number of likely N-dealkylation sites (tertiary alicyclic amines) is 1. The van der Waals surface area contributed by atoms with Gasteiger partial charge in [0.15, 0.2) is 0 Å². The Morgan fingerprint density at radius 3 is 2.70 bits per heavy atom. The maximum Gasteiger partial charge on any atom is 0.240 e. The number of benzene rings is 1. The number of fused-ring (bicyclic) bond motifs is 1. The minimum Gasteiger partial charge on any atom is -0.493 e. The van der Waals surface area contributed by atoms with Gasteiger partial charge in [0.05, 0.1) is 13.2 Å². The number of carbonyl (C=O) groups is 3. The summed E-state index contributed by atoms with van der Waals surface area (Å²) in [6.45, 7) is 0.0564. The van der Waals surface area contributed by atoms with Gasteiger partial charge < -0.3 is 15.2 Å². The molecule has 1 fully saturated rings. The lowest BCUT2D eigenvalue weighted by molar-refractivity contribution is -0.142. The summed E-state index contributed by atoms with van der Waals surface area (Å²) < 4.78 is 5.49. The van der Waals surface area contributed by atoms with Gasteiger partial charge in [0, 0.05) is 24.8 Å². The van der Waals surface area contributed by atoms with E-state index in [1.807, 2.05) is 6.07 Å². The predicted octanol–water partition coefficient (Wildman–Crippen LogP) is -0.0781. The highest BCUT2D eigenvalue weighted by molar-refractivity contribution is 6.04.